The first kappa shape index (κ1) is 20.1. The van der Waals surface area contributed by atoms with Gasteiger partial charge in [-0.05, 0) is 61.6 Å². The van der Waals surface area contributed by atoms with Crippen molar-refractivity contribution in [2.45, 2.75) is 39.0 Å². The monoisotopic (exact) mass is 382 g/mol. The normalized spacial score (nSPS) is 14.7. The average Bonchev–Trinajstić information content (AvgIpc) is 2.73. The van der Waals surface area contributed by atoms with E-state index < -0.39 is 5.82 Å². The molecule has 1 aliphatic heterocycles. The molecule has 0 unspecified atom stereocenters. The number of hydrogen-bond donors (Lipinski definition) is 1. The molecule has 1 saturated heterocycles. The van der Waals surface area contributed by atoms with Gasteiger partial charge in [0.1, 0.15) is 5.82 Å². The Balaban J connectivity index is 1.50. The molecular formula is C23H27FN2O2. The molecule has 1 heterocycles. The second-order valence-corrected chi connectivity index (χ2v) is 7.37. The SMILES string of the molecule is CCCCc1ccc(NC(=O)C2CCN(C(=O)c3cccc(F)c3)CC2)cc1. The molecular weight excluding hydrogens is 355 g/mol. The van der Waals surface area contributed by atoms with Gasteiger partial charge in [0.25, 0.3) is 5.91 Å². The number of nitrogens with zero attached hydrogens (tertiary/aromatic N) is 1. The Morgan fingerprint density at radius 2 is 1.82 bits per heavy atom. The first-order valence-corrected chi connectivity index (χ1v) is 10.0. The molecule has 0 spiro atoms. The van der Waals surface area contributed by atoms with E-state index in [-0.39, 0.29) is 17.7 Å². The van der Waals surface area contributed by atoms with Gasteiger partial charge in [-0.1, -0.05) is 31.5 Å². The maximum atomic E-state index is 13.3. The van der Waals surface area contributed by atoms with Crippen LogP contribution in [0.1, 0.15) is 48.5 Å². The van der Waals surface area contributed by atoms with Crippen molar-refractivity contribution in [1.29, 1.82) is 0 Å². The lowest BCUT2D eigenvalue weighted by atomic mass is 9.95. The fourth-order valence-corrected chi connectivity index (χ4v) is 3.53. The molecule has 148 valence electrons. The van der Waals surface area contributed by atoms with Crippen LogP contribution in [0.5, 0.6) is 0 Å². The number of rotatable bonds is 6. The van der Waals surface area contributed by atoms with E-state index in [0.717, 1.165) is 12.1 Å². The largest absolute Gasteiger partial charge is 0.339 e. The van der Waals surface area contributed by atoms with Crippen molar-refractivity contribution in [3.8, 4) is 0 Å². The van der Waals surface area contributed by atoms with Crippen LogP contribution in [0.3, 0.4) is 0 Å². The molecule has 1 aliphatic rings. The van der Waals surface area contributed by atoms with Crippen molar-refractivity contribution in [1.82, 2.24) is 4.90 Å². The van der Waals surface area contributed by atoms with E-state index in [1.807, 2.05) is 12.1 Å². The fourth-order valence-electron chi connectivity index (χ4n) is 3.53. The maximum absolute atomic E-state index is 13.3. The summed E-state index contributed by atoms with van der Waals surface area (Å²) in [5.74, 6) is -0.711. The Kier molecular flexibility index (Phi) is 6.80. The first-order chi connectivity index (χ1) is 13.6. The number of anilines is 1. The van der Waals surface area contributed by atoms with Gasteiger partial charge in [-0.25, -0.2) is 4.39 Å². The Labute approximate surface area is 165 Å². The molecule has 28 heavy (non-hydrogen) atoms. The number of nitrogens with one attached hydrogen (secondary N) is 1. The first-order valence-electron chi connectivity index (χ1n) is 10.0. The Bertz CT molecular complexity index is 812. The van der Waals surface area contributed by atoms with Crippen LogP contribution in [0.4, 0.5) is 10.1 Å². The number of piperidine rings is 1. The summed E-state index contributed by atoms with van der Waals surface area (Å²) >= 11 is 0. The van der Waals surface area contributed by atoms with Crippen LogP contribution in [0.15, 0.2) is 48.5 Å². The number of amides is 2. The van der Waals surface area contributed by atoms with Crippen LogP contribution in [0.25, 0.3) is 0 Å². The number of likely N-dealkylation sites (tertiary alicyclic amines) is 1. The summed E-state index contributed by atoms with van der Waals surface area (Å²) in [6, 6.07) is 13.8. The molecule has 0 aliphatic carbocycles. The molecule has 0 aromatic heterocycles. The molecule has 3 rings (SSSR count). The Morgan fingerprint density at radius 1 is 1.11 bits per heavy atom. The summed E-state index contributed by atoms with van der Waals surface area (Å²) in [7, 11) is 0. The Morgan fingerprint density at radius 3 is 2.46 bits per heavy atom. The van der Waals surface area contributed by atoms with Gasteiger partial charge in [0.05, 0.1) is 0 Å². The van der Waals surface area contributed by atoms with Gasteiger partial charge in [0, 0.05) is 30.3 Å². The number of carbonyl (C=O) groups excluding carboxylic acids is 2. The molecule has 4 nitrogen and oxygen atoms in total. The minimum absolute atomic E-state index is 0.000775. The van der Waals surface area contributed by atoms with Gasteiger partial charge in [-0.3, -0.25) is 9.59 Å². The van der Waals surface area contributed by atoms with Crippen LogP contribution < -0.4 is 5.32 Å². The van der Waals surface area contributed by atoms with Crippen LogP contribution in [0.2, 0.25) is 0 Å². The summed E-state index contributed by atoms with van der Waals surface area (Å²) in [6.45, 7) is 3.18. The Hall–Kier alpha value is -2.69. The average molecular weight is 382 g/mol. The number of halogens is 1. The molecule has 0 saturated carbocycles. The van der Waals surface area contributed by atoms with Crippen molar-refractivity contribution < 1.29 is 14.0 Å². The third-order valence-corrected chi connectivity index (χ3v) is 5.27. The zero-order chi connectivity index (χ0) is 19.9. The quantitative estimate of drug-likeness (QED) is 0.790. The second-order valence-electron chi connectivity index (χ2n) is 7.37. The fraction of sp³-hybridized carbons (Fsp3) is 0.391. The minimum Gasteiger partial charge on any atom is -0.339 e. The molecule has 0 atom stereocenters. The lowest BCUT2D eigenvalue weighted by Crippen LogP contribution is -2.41. The van der Waals surface area contributed by atoms with E-state index >= 15 is 0 Å². The van der Waals surface area contributed by atoms with Gasteiger partial charge in [-0.15, -0.1) is 0 Å². The molecule has 1 fully saturated rings. The predicted molar refractivity (Wildman–Crippen MR) is 109 cm³/mol. The van der Waals surface area contributed by atoms with Crippen LogP contribution >= 0.6 is 0 Å². The van der Waals surface area contributed by atoms with E-state index in [4.69, 9.17) is 0 Å². The van der Waals surface area contributed by atoms with Crippen LogP contribution in [0, 0.1) is 11.7 Å². The molecule has 2 aromatic rings. The summed E-state index contributed by atoms with van der Waals surface area (Å²) in [5, 5.41) is 2.99. The number of benzene rings is 2. The summed E-state index contributed by atoms with van der Waals surface area (Å²) in [5.41, 5.74) is 2.44. The topological polar surface area (TPSA) is 49.4 Å². The lowest BCUT2D eigenvalue weighted by Gasteiger charge is -2.31. The van der Waals surface area contributed by atoms with E-state index in [2.05, 4.69) is 24.4 Å². The number of carbonyl (C=O) groups is 2. The van der Waals surface area contributed by atoms with Crippen molar-refractivity contribution in [3.63, 3.8) is 0 Å². The molecule has 2 amide bonds. The van der Waals surface area contributed by atoms with Gasteiger partial charge in [0.15, 0.2) is 0 Å². The zero-order valence-electron chi connectivity index (χ0n) is 16.3. The highest BCUT2D eigenvalue weighted by Gasteiger charge is 2.28. The van der Waals surface area contributed by atoms with E-state index in [1.165, 1.54) is 36.6 Å². The van der Waals surface area contributed by atoms with Crippen LogP contribution in [-0.4, -0.2) is 29.8 Å². The number of aryl methyl sites for hydroxylation is 1. The van der Waals surface area contributed by atoms with E-state index in [1.54, 1.807) is 11.0 Å². The van der Waals surface area contributed by atoms with Crippen molar-refractivity contribution in [2.75, 3.05) is 18.4 Å². The summed E-state index contributed by atoms with van der Waals surface area (Å²) in [4.78, 5) is 26.7. The summed E-state index contributed by atoms with van der Waals surface area (Å²) < 4.78 is 13.3. The lowest BCUT2D eigenvalue weighted by molar-refractivity contribution is -0.121. The molecule has 0 bridgehead atoms. The number of hydrogen-bond acceptors (Lipinski definition) is 2. The highest BCUT2D eigenvalue weighted by Crippen LogP contribution is 2.21. The van der Waals surface area contributed by atoms with Crippen molar-refractivity contribution in [3.05, 3.63) is 65.5 Å². The van der Waals surface area contributed by atoms with Crippen LogP contribution in [-0.2, 0) is 11.2 Å². The smallest absolute Gasteiger partial charge is 0.253 e. The van der Waals surface area contributed by atoms with Crippen molar-refractivity contribution in [2.24, 2.45) is 5.92 Å². The van der Waals surface area contributed by atoms with E-state index in [9.17, 15) is 14.0 Å². The van der Waals surface area contributed by atoms with Gasteiger partial charge in [0.2, 0.25) is 5.91 Å². The third kappa shape index (κ3) is 5.18. The third-order valence-electron chi connectivity index (χ3n) is 5.27. The molecule has 0 radical (unpaired) electrons. The standard InChI is InChI=1S/C23H27FN2O2/c1-2-3-5-17-8-10-21(11-9-17)25-22(27)18-12-14-26(15-13-18)23(28)19-6-4-7-20(24)16-19/h4,6-11,16,18H,2-3,5,12-15H2,1H3,(H,25,27). The van der Waals surface area contributed by atoms with Gasteiger partial charge >= 0.3 is 0 Å². The van der Waals surface area contributed by atoms with Crippen molar-refractivity contribution >= 4 is 17.5 Å². The van der Waals surface area contributed by atoms with Gasteiger partial charge < -0.3 is 10.2 Å². The zero-order valence-corrected chi connectivity index (χ0v) is 16.3. The number of unbranched alkanes of at least 4 members (excludes halogenated alkanes) is 1. The minimum atomic E-state index is -0.416. The van der Waals surface area contributed by atoms with Gasteiger partial charge in [-0.2, -0.15) is 0 Å². The molecule has 2 aromatic carbocycles. The highest BCUT2D eigenvalue weighted by atomic mass is 19.1. The maximum Gasteiger partial charge on any atom is 0.253 e. The molecule has 1 N–H and O–H groups in total. The summed E-state index contributed by atoms with van der Waals surface area (Å²) in [6.07, 6.45) is 4.61. The highest BCUT2D eigenvalue weighted by molar-refractivity contribution is 5.95. The predicted octanol–water partition coefficient (Wildman–Crippen LogP) is 4.66. The van der Waals surface area contributed by atoms with E-state index in [0.29, 0.717) is 31.5 Å². The second kappa shape index (κ2) is 9.49. The molecule has 5 heteroatoms.